The summed E-state index contributed by atoms with van der Waals surface area (Å²) in [5.74, 6) is -0.0304. The maximum absolute atomic E-state index is 12.2. The molecule has 0 saturated heterocycles. The van der Waals surface area contributed by atoms with Crippen molar-refractivity contribution in [1.82, 2.24) is 0 Å². The zero-order valence-corrected chi connectivity index (χ0v) is 12.8. The molecule has 1 atom stereocenters. The molecule has 2 rings (SSSR count). The average molecular weight is 303 g/mol. The van der Waals surface area contributed by atoms with Crippen LogP contribution in [0.3, 0.4) is 0 Å². The lowest BCUT2D eigenvalue weighted by Crippen LogP contribution is -2.21. The van der Waals surface area contributed by atoms with Crippen molar-refractivity contribution in [1.29, 1.82) is 0 Å². The summed E-state index contributed by atoms with van der Waals surface area (Å²) in [5, 5.41) is 0.567. The van der Waals surface area contributed by atoms with E-state index in [2.05, 4.69) is 12.1 Å². The van der Waals surface area contributed by atoms with Gasteiger partial charge in [0.1, 0.15) is 6.10 Å². The summed E-state index contributed by atoms with van der Waals surface area (Å²) >= 11 is 5.90. The molecule has 0 aliphatic rings. The van der Waals surface area contributed by atoms with Crippen LogP contribution in [0.1, 0.15) is 29.3 Å². The Hall–Kier alpha value is -1.64. The van der Waals surface area contributed by atoms with E-state index in [0.717, 1.165) is 12.8 Å². The van der Waals surface area contributed by atoms with Crippen LogP contribution < -0.4 is 0 Å². The SMILES string of the molecule is CC(OCCCc1ccccc1)C(=O)c1cccc(Cl)c1. The van der Waals surface area contributed by atoms with Gasteiger partial charge >= 0.3 is 0 Å². The van der Waals surface area contributed by atoms with Crippen LogP contribution in [-0.4, -0.2) is 18.5 Å². The Labute approximate surface area is 130 Å². The molecule has 110 valence electrons. The first-order valence-electron chi connectivity index (χ1n) is 7.12. The van der Waals surface area contributed by atoms with E-state index in [9.17, 15) is 4.79 Å². The Kier molecular flexibility index (Phi) is 5.97. The fourth-order valence-electron chi connectivity index (χ4n) is 2.13. The topological polar surface area (TPSA) is 26.3 Å². The van der Waals surface area contributed by atoms with Crippen LogP contribution in [0.15, 0.2) is 54.6 Å². The molecule has 2 aromatic rings. The van der Waals surface area contributed by atoms with Crippen molar-refractivity contribution in [2.45, 2.75) is 25.9 Å². The molecule has 0 spiro atoms. The minimum Gasteiger partial charge on any atom is -0.370 e. The Morgan fingerprint density at radius 1 is 1.14 bits per heavy atom. The molecule has 0 radical (unpaired) electrons. The van der Waals surface area contributed by atoms with Gasteiger partial charge in [0.15, 0.2) is 5.78 Å². The van der Waals surface area contributed by atoms with Crippen molar-refractivity contribution < 1.29 is 9.53 Å². The Morgan fingerprint density at radius 3 is 2.62 bits per heavy atom. The van der Waals surface area contributed by atoms with Gasteiger partial charge in [-0.05, 0) is 37.5 Å². The molecule has 0 fully saturated rings. The van der Waals surface area contributed by atoms with Gasteiger partial charge in [-0.25, -0.2) is 0 Å². The van der Waals surface area contributed by atoms with E-state index < -0.39 is 6.10 Å². The van der Waals surface area contributed by atoms with Crippen LogP contribution in [0.25, 0.3) is 0 Å². The summed E-state index contributed by atoms with van der Waals surface area (Å²) < 4.78 is 5.63. The normalized spacial score (nSPS) is 12.1. The maximum atomic E-state index is 12.2. The molecule has 1 unspecified atom stereocenters. The molecule has 0 N–H and O–H groups in total. The Morgan fingerprint density at radius 2 is 1.90 bits per heavy atom. The summed E-state index contributed by atoms with van der Waals surface area (Å²) in [6.45, 7) is 2.36. The fourth-order valence-corrected chi connectivity index (χ4v) is 2.32. The van der Waals surface area contributed by atoms with Crippen molar-refractivity contribution in [3.63, 3.8) is 0 Å². The smallest absolute Gasteiger partial charge is 0.191 e. The highest BCUT2D eigenvalue weighted by Gasteiger charge is 2.15. The van der Waals surface area contributed by atoms with Gasteiger partial charge in [0, 0.05) is 17.2 Å². The number of hydrogen-bond donors (Lipinski definition) is 0. The quantitative estimate of drug-likeness (QED) is 0.553. The number of ketones is 1. The minimum atomic E-state index is -0.445. The standard InChI is InChI=1S/C18H19ClO2/c1-14(18(20)16-10-5-11-17(19)13-16)21-12-6-9-15-7-3-2-4-8-15/h2-5,7-8,10-11,13-14H,6,9,12H2,1H3. The number of hydrogen-bond acceptors (Lipinski definition) is 2. The molecule has 3 heteroatoms. The van der Waals surface area contributed by atoms with E-state index in [1.807, 2.05) is 18.2 Å². The lowest BCUT2D eigenvalue weighted by molar-refractivity contribution is 0.0470. The molecular weight excluding hydrogens is 284 g/mol. The van der Waals surface area contributed by atoms with Gasteiger partial charge in [-0.1, -0.05) is 54.1 Å². The number of benzene rings is 2. The summed E-state index contributed by atoms with van der Waals surface area (Å²) in [5.41, 5.74) is 1.88. The molecule has 2 aromatic carbocycles. The predicted octanol–water partition coefficient (Wildman–Crippen LogP) is 4.56. The number of halogens is 1. The van der Waals surface area contributed by atoms with Crippen LogP contribution in [0.2, 0.25) is 5.02 Å². The van der Waals surface area contributed by atoms with Crippen molar-refractivity contribution in [2.24, 2.45) is 0 Å². The van der Waals surface area contributed by atoms with Gasteiger partial charge in [-0.2, -0.15) is 0 Å². The number of Topliss-reactive ketones (excluding diaryl/α,β-unsaturated/α-hetero) is 1. The van der Waals surface area contributed by atoms with E-state index in [4.69, 9.17) is 16.3 Å². The van der Waals surface area contributed by atoms with Gasteiger partial charge < -0.3 is 4.74 Å². The third kappa shape index (κ3) is 5.00. The zero-order valence-electron chi connectivity index (χ0n) is 12.1. The number of carbonyl (C=O) groups is 1. The lowest BCUT2D eigenvalue weighted by Gasteiger charge is -2.12. The van der Waals surface area contributed by atoms with Gasteiger partial charge in [0.2, 0.25) is 0 Å². The Bertz CT molecular complexity index is 581. The highest BCUT2D eigenvalue weighted by atomic mass is 35.5. The molecule has 2 nitrogen and oxygen atoms in total. The molecule has 21 heavy (non-hydrogen) atoms. The van der Waals surface area contributed by atoms with E-state index >= 15 is 0 Å². The molecular formula is C18H19ClO2. The first-order valence-corrected chi connectivity index (χ1v) is 7.50. The highest BCUT2D eigenvalue weighted by Crippen LogP contribution is 2.13. The monoisotopic (exact) mass is 302 g/mol. The number of aryl methyl sites for hydroxylation is 1. The maximum Gasteiger partial charge on any atom is 0.191 e. The molecule has 0 aliphatic heterocycles. The summed E-state index contributed by atoms with van der Waals surface area (Å²) in [7, 11) is 0. The van der Waals surface area contributed by atoms with Crippen LogP contribution in [0.4, 0.5) is 0 Å². The van der Waals surface area contributed by atoms with Crippen molar-refractivity contribution in [3.8, 4) is 0 Å². The van der Waals surface area contributed by atoms with E-state index in [1.165, 1.54) is 5.56 Å². The number of carbonyl (C=O) groups excluding carboxylic acids is 1. The molecule has 0 heterocycles. The molecule has 0 aliphatic carbocycles. The largest absolute Gasteiger partial charge is 0.370 e. The summed E-state index contributed by atoms with van der Waals surface area (Å²) in [6, 6.07) is 17.2. The average Bonchev–Trinajstić information content (AvgIpc) is 2.51. The van der Waals surface area contributed by atoms with Crippen molar-refractivity contribution >= 4 is 17.4 Å². The number of ether oxygens (including phenoxy) is 1. The van der Waals surface area contributed by atoms with E-state index in [0.29, 0.717) is 17.2 Å². The van der Waals surface area contributed by atoms with Crippen LogP contribution in [0.5, 0.6) is 0 Å². The van der Waals surface area contributed by atoms with E-state index in [1.54, 1.807) is 31.2 Å². The second-order valence-corrected chi connectivity index (χ2v) is 5.41. The second kappa shape index (κ2) is 7.96. The first-order chi connectivity index (χ1) is 10.2. The first kappa shape index (κ1) is 15.7. The van der Waals surface area contributed by atoms with Crippen molar-refractivity contribution in [3.05, 3.63) is 70.7 Å². The van der Waals surface area contributed by atoms with Gasteiger partial charge in [0.05, 0.1) is 0 Å². The zero-order chi connectivity index (χ0) is 15.1. The van der Waals surface area contributed by atoms with Gasteiger partial charge in [0.25, 0.3) is 0 Å². The predicted molar refractivity (Wildman–Crippen MR) is 86.0 cm³/mol. The van der Waals surface area contributed by atoms with E-state index in [-0.39, 0.29) is 5.78 Å². The lowest BCUT2D eigenvalue weighted by atomic mass is 10.1. The van der Waals surface area contributed by atoms with Gasteiger partial charge in [-0.15, -0.1) is 0 Å². The Balaban J connectivity index is 1.76. The summed E-state index contributed by atoms with van der Waals surface area (Å²) in [6.07, 6.45) is 1.41. The fraction of sp³-hybridized carbons (Fsp3) is 0.278. The third-order valence-corrected chi connectivity index (χ3v) is 3.53. The molecule has 0 aromatic heterocycles. The van der Waals surface area contributed by atoms with Gasteiger partial charge in [-0.3, -0.25) is 4.79 Å². The van der Waals surface area contributed by atoms with Crippen LogP contribution in [0, 0.1) is 0 Å². The van der Waals surface area contributed by atoms with Crippen LogP contribution in [-0.2, 0) is 11.2 Å². The summed E-state index contributed by atoms with van der Waals surface area (Å²) in [4.78, 5) is 12.2. The molecule has 0 saturated carbocycles. The third-order valence-electron chi connectivity index (χ3n) is 3.30. The van der Waals surface area contributed by atoms with Crippen molar-refractivity contribution in [2.75, 3.05) is 6.61 Å². The molecule has 0 bridgehead atoms. The molecule has 0 amide bonds. The van der Waals surface area contributed by atoms with Crippen LogP contribution >= 0.6 is 11.6 Å². The number of rotatable bonds is 7. The second-order valence-electron chi connectivity index (χ2n) is 4.98. The minimum absolute atomic E-state index is 0.0304. The highest BCUT2D eigenvalue weighted by molar-refractivity contribution is 6.31.